The normalized spacial score (nSPS) is 56.3. The van der Waals surface area contributed by atoms with Crippen LogP contribution < -0.4 is 0 Å². The largest absolute Gasteiger partial charge is 0.481 e. The van der Waals surface area contributed by atoms with Crippen molar-refractivity contribution in [1.29, 1.82) is 0 Å². The van der Waals surface area contributed by atoms with Crippen molar-refractivity contribution in [2.24, 2.45) is 44.8 Å². The molecule has 4 fully saturated rings. The summed E-state index contributed by atoms with van der Waals surface area (Å²) in [6, 6.07) is 0. The molecule has 4 N–H and O–H groups in total. The molecule has 0 amide bonds. The predicted molar refractivity (Wildman–Crippen MR) is 131 cm³/mol. The Morgan fingerprint density at radius 3 is 2.21 bits per heavy atom. The maximum absolute atomic E-state index is 12.7. The molecule has 0 radical (unpaired) electrons. The highest BCUT2D eigenvalue weighted by molar-refractivity contribution is 5.76. The quantitative estimate of drug-likeness (QED) is 0.404. The molecule has 0 aliphatic heterocycles. The highest BCUT2D eigenvalue weighted by Crippen LogP contribution is 2.75. The van der Waals surface area contributed by atoms with Gasteiger partial charge in [0.25, 0.3) is 0 Å². The van der Waals surface area contributed by atoms with Crippen LogP contribution in [-0.4, -0.2) is 44.2 Å². The first-order valence-corrected chi connectivity index (χ1v) is 13.6. The second-order valence-electron chi connectivity index (χ2n) is 14.5. The third-order valence-electron chi connectivity index (χ3n) is 12.8. The van der Waals surface area contributed by atoms with Crippen LogP contribution in [0.15, 0.2) is 11.6 Å². The fourth-order valence-corrected chi connectivity index (χ4v) is 10.6. The summed E-state index contributed by atoms with van der Waals surface area (Å²) >= 11 is 0. The van der Waals surface area contributed by atoms with Gasteiger partial charge in [0.2, 0.25) is 0 Å². The van der Waals surface area contributed by atoms with Crippen molar-refractivity contribution in [3.05, 3.63) is 11.6 Å². The Kier molecular flexibility index (Phi) is 5.17. The molecule has 4 saturated carbocycles. The molecule has 0 aromatic carbocycles. The van der Waals surface area contributed by atoms with Gasteiger partial charge in [-0.15, -0.1) is 0 Å². The molecule has 192 valence electrons. The Morgan fingerprint density at radius 1 is 0.912 bits per heavy atom. The molecule has 0 saturated heterocycles. The number of fused-ring (bicyclic) bond motifs is 7. The molecule has 5 aliphatic rings. The Hall–Kier alpha value is -0.910. The molecule has 3 unspecified atom stereocenters. The van der Waals surface area contributed by atoms with Gasteiger partial charge in [-0.1, -0.05) is 46.3 Å². The number of carboxylic acids is 1. The second-order valence-corrected chi connectivity index (χ2v) is 14.5. The number of rotatable bonds is 1. The van der Waals surface area contributed by atoms with Gasteiger partial charge in [0.1, 0.15) is 0 Å². The van der Waals surface area contributed by atoms with E-state index in [9.17, 15) is 25.2 Å². The summed E-state index contributed by atoms with van der Waals surface area (Å²) in [4.78, 5) is 12.7. The van der Waals surface area contributed by atoms with Gasteiger partial charge in [0, 0.05) is 0 Å². The second kappa shape index (κ2) is 7.10. The number of hydrogen-bond donors (Lipinski definition) is 4. The van der Waals surface area contributed by atoms with E-state index in [4.69, 9.17) is 0 Å². The van der Waals surface area contributed by atoms with Crippen molar-refractivity contribution in [1.82, 2.24) is 0 Å². The maximum atomic E-state index is 12.7. The summed E-state index contributed by atoms with van der Waals surface area (Å²) in [5.74, 6) is -0.0986. The maximum Gasteiger partial charge on any atom is 0.310 e. The molecule has 0 bridgehead atoms. The first-order chi connectivity index (χ1) is 15.6. The van der Waals surface area contributed by atoms with Gasteiger partial charge in [-0.2, -0.15) is 0 Å². The van der Waals surface area contributed by atoms with Crippen LogP contribution in [0.3, 0.4) is 0 Å². The van der Waals surface area contributed by atoms with Crippen molar-refractivity contribution >= 4 is 5.97 Å². The van der Waals surface area contributed by atoms with E-state index in [1.54, 1.807) is 0 Å². The molecule has 10 atom stereocenters. The summed E-state index contributed by atoms with van der Waals surface area (Å²) in [7, 11) is 0. The standard InChI is InChI=1S/C29H46O5/c1-24(2)20-9-10-28(6)21(26(20,4)16-19(30)22(24)31)8-7-17-18-15-25(3,34)11-13-29(18,23(32)33)14-12-27(17,28)5/h7,18-22,30-31,34H,8-16H2,1-6H3,(H,32,33)/t18?,19-,20?,21?,22+,25-,26+,27-,28-,29+/m1/s1. The molecule has 34 heavy (non-hydrogen) atoms. The third kappa shape index (κ3) is 2.87. The van der Waals surface area contributed by atoms with E-state index in [0.29, 0.717) is 43.9 Å². The van der Waals surface area contributed by atoms with Crippen molar-refractivity contribution < 1.29 is 25.2 Å². The fourth-order valence-electron chi connectivity index (χ4n) is 10.6. The fraction of sp³-hybridized carbons (Fsp3) is 0.897. The summed E-state index contributed by atoms with van der Waals surface area (Å²) < 4.78 is 0. The lowest BCUT2D eigenvalue weighted by molar-refractivity contribution is -0.232. The summed E-state index contributed by atoms with van der Waals surface area (Å²) in [5, 5.41) is 43.2. The first-order valence-electron chi connectivity index (χ1n) is 13.6. The van der Waals surface area contributed by atoms with E-state index in [1.165, 1.54) is 5.57 Å². The van der Waals surface area contributed by atoms with E-state index in [0.717, 1.165) is 25.7 Å². The van der Waals surface area contributed by atoms with Crippen LogP contribution in [0.1, 0.15) is 99.3 Å². The van der Waals surface area contributed by atoms with Crippen molar-refractivity contribution in [3.8, 4) is 0 Å². The molecule has 0 spiro atoms. The minimum atomic E-state index is -0.822. The third-order valence-corrected chi connectivity index (χ3v) is 12.8. The molecule has 5 nitrogen and oxygen atoms in total. The van der Waals surface area contributed by atoms with E-state index in [-0.39, 0.29) is 27.6 Å². The van der Waals surface area contributed by atoms with Crippen LogP contribution in [0, 0.1) is 44.8 Å². The number of aliphatic hydroxyl groups excluding tert-OH is 2. The van der Waals surface area contributed by atoms with Crippen molar-refractivity contribution in [2.45, 2.75) is 117 Å². The topological polar surface area (TPSA) is 98.0 Å². The van der Waals surface area contributed by atoms with Crippen LogP contribution in [0.2, 0.25) is 0 Å². The smallest absolute Gasteiger partial charge is 0.310 e. The molecule has 0 aromatic heterocycles. The zero-order valence-electron chi connectivity index (χ0n) is 22.0. The van der Waals surface area contributed by atoms with Gasteiger partial charge < -0.3 is 20.4 Å². The number of aliphatic carboxylic acids is 1. The number of carboxylic acid groups (broad SMARTS) is 1. The lowest BCUT2D eigenvalue weighted by Crippen LogP contribution is -2.67. The summed E-state index contributed by atoms with van der Waals surface area (Å²) in [6.45, 7) is 13.3. The Bertz CT molecular complexity index is 921. The van der Waals surface area contributed by atoms with Crippen molar-refractivity contribution in [2.75, 3.05) is 0 Å². The van der Waals surface area contributed by atoms with E-state index < -0.39 is 29.2 Å². The summed E-state index contributed by atoms with van der Waals surface area (Å²) in [6.07, 6.45) is 7.72. The molecule has 5 rings (SSSR count). The molecular weight excluding hydrogens is 428 g/mol. The first kappa shape index (κ1) is 24.8. The van der Waals surface area contributed by atoms with Crippen LogP contribution in [0.25, 0.3) is 0 Å². The molecule has 5 aliphatic carbocycles. The number of carbonyl (C=O) groups is 1. The van der Waals surface area contributed by atoms with Gasteiger partial charge >= 0.3 is 5.97 Å². The molecule has 0 aromatic rings. The molecular formula is C29H46O5. The number of allylic oxidation sites excluding steroid dienone is 2. The van der Waals surface area contributed by atoms with E-state index in [2.05, 4.69) is 40.7 Å². The number of aliphatic hydroxyl groups is 3. The van der Waals surface area contributed by atoms with Gasteiger partial charge in [-0.05, 0) is 104 Å². The zero-order chi connectivity index (χ0) is 25.1. The Morgan fingerprint density at radius 2 is 1.56 bits per heavy atom. The lowest BCUT2D eigenvalue weighted by atomic mass is 9.33. The molecule has 5 heteroatoms. The van der Waals surface area contributed by atoms with Gasteiger partial charge in [0.05, 0.1) is 23.2 Å². The highest BCUT2D eigenvalue weighted by atomic mass is 16.4. The minimum Gasteiger partial charge on any atom is -0.481 e. The zero-order valence-corrected chi connectivity index (χ0v) is 22.0. The van der Waals surface area contributed by atoms with Gasteiger partial charge in [0.15, 0.2) is 0 Å². The Labute approximate surface area is 205 Å². The molecule has 0 heterocycles. The predicted octanol–water partition coefficient (Wildman–Crippen LogP) is 4.93. The average Bonchev–Trinajstić information content (AvgIpc) is 2.72. The SMILES string of the molecule is CC1(C)C2CC[C@]3(C)C(CC=C4C5C[C@](C)(O)CC[C@]5(C(=O)O)CC[C@]43C)[C@@]2(C)C[C@@H](O)[C@@H]1O. The average molecular weight is 475 g/mol. The van der Waals surface area contributed by atoms with Gasteiger partial charge in [-0.25, -0.2) is 0 Å². The van der Waals surface area contributed by atoms with E-state index in [1.807, 2.05) is 6.92 Å². The van der Waals surface area contributed by atoms with Crippen LogP contribution >= 0.6 is 0 Å². The monoisotopic (exact) mass is 474 g/mol. The highest BCUT2D eigenvalue weighted by Gasteiger charge is 2.70. The van der Waals surface area contributed by atoms with Crippen LogP contribution in [0.5, 0.6) is 0 Å². The van der Waals surface area contributed by atoms with Crippen LogP contribution in [0.4, 0.5) is 0 Å². The van der Waals surface area contributed by atoms with Crippen molar-refractivity contribution in [3.63, 3.8) is 0 Å². The van der Waals surface area contributed by atoms with Crippen LogP contribution in [-0.2, 0) is 4.79 Å². The van der Waals surface area contributed by atoms with Gasteiger partial charge in [-0.3, -0.25) is 4.79 Å². The summed E-state index contributed by atoms with van der Waals surface area (Å²) in [5.41, 5.74) is -0.841. The Balaban J connectivity index is 1.61. The number of hydrogen-bond acceptors (Lipinski definition) is 4. The van der Waals surface area contributed by atoms with E-state index >= 15 is 0 Å². The lowest BCUT2D eigenvalue weighted by Gasteiger charge is -2.71. The minimum absolute atomic E-state index is 0.00556.